The van der Waals surface area contributed by atoms with E-state index in [2.05, 4.69) is 20.9 Å². The van der Waals surface area contributed by atoms with Gasteiger partial charge in [0.2, 0.25) is 0 Å². The number of hydrogen-bond acceptors (Lipinski definition) is 4. The summed E-state index contributed by atoms with van der Waals surface area (Å²) in [5.74, 6) is 0. The van der Waals surface area contributed by atoms with E-state index in [1.165, 1.54) is 12.4 Å². The minimum atomic E-state index is -0.957. The normalized spacial score (nSPS) is 14.9. The molecule has 0 spiro atoms. The second kappa shape index (κ2) is 6.17. The van der Waals surface area contributed by atoms with E-state index in [9.17, 15) is 10.2 Å². The summed E-state index contributed by atoms with van der Waals surface area (Å²) >= 11 is 3.19. The smallest absolute Gasteiger partial charge is 0.106 e. The first-order valence-electron chi connectivity index (χ1n) is 4.65. The zero-order chi connectivity index (χ0) is 11.3. The molecule has 0 radical (unpaired) electrons. The van der Waals surface area contributed by atoms with Crippen molar-refractivity contribution < 1.29 is 15.3 Å². The first-order valence-corrected chi connectivity index (χ1v) is 5.78. The summed E-state index contributed by atoms with van der Waals surface area (Å²) < 4.78 is 0. The van der Waals surface area contributed by atoms with Crippen molar-refractivity contribution in [3.8, 4) is 0 Å². The van der Waals surface area contributed by atoms with Crippen LogP contribution in [0.25, 0.3) is 0 Å². The van der Waals surface area contributed by atoms with Crippen LogP contribution in [0.3, 0.4) is 0 Å². The fourth-order valence-electron chi connectivity index (χ4n) is 1.25. The Morgan fingerprint density at radius 2 is 2.07 bits per heavy atom. The molecule has 0 fully saturated rings. The predicted octanol–water partition coefficient (Wildman–Crippen LogP) is 0.753. The molecular formula is C10H14BrNO3. The molecule has 1 rings (SSSR count). The van der Waals surface area contributed by atoms with Gasteiger partial charge in [0, 0.05) is 23.3 Å². The van der Waals surface area contributed by atoms with Gasteiger partial charge in [-0.15, -0.1) is 0 Å². The van der Waals surface area contributed by atoms with Crippen LogP contribution in [0, 0.1) is 0 Å². The van der Waals surface area contributed by atoms with Crippen LogP contribution < -0.4 is 0 Å². The topological polar surface area (TPSA) is 73.6 Å². The number of aliphatic hydroxyl groups excluding tert-OH is 3. The van der Waals surface area contributed by atoms with Gasteiger partial charge in [-0.2, -0.15) is 0 Å². The Hall–Kier alpha value is -0.490. The van der Waals surface area contributed by atoms with Crippen molar-refractivity contribution in [1.29, 1.82) is 0 Å². The maximum absolute atomic E-state index is 9.75. The third-order valence-electron chi connectivity index (χ3n) is 2.11. The molecular weight excluding hydrogens is 262 g/mol. The minimum Gasteiger partial charge on any atom is -0.392 e. The van der Waals surface area contributed by atoms with Gasteiger partial charge in [0.15, 0.2) is 0 Å². The highest BCUT2D eigenvalue weighted by molar-refractivity contribution is 9.09. The molecule has 2 unspecified atom stereocenters. The second-order valence-electron chi connectivity index (χ2n) is 3.27. The zero-order valence-electron chi connectivity index (χ0n) is 8.17. The Morgan fingerprint density at radius 1 is 1.33 bits per heavy atom. The van der Waals surface area contributed by atoms with E-state index in [-0.39, 0.29) is 6.61 Å². The number of aliphatic hydroxyl groups is 3. The molecule has 1 aromatic heterocycles. The molecule has 0 aromatic carbocycles. The number of pyridine rings is 1. The molecule has 3 N–H and O–H groups in total. The summed E-state index contributed by atoms with van der Waals surface area (Å²) in [6.45, 7) is -0.123. The quantitative estimate of drug-likeness (QED) is 0.694. The highest BCUT2D eigenvalue weighted by Gasteiger charge is 2.18. The van der Waals surface area contributed by atoms with Crippen molar-refractivity contribution in [2.24, 2.45) is 0 Å². The Bertz CT molecular complexity index is 308. The molecule has 4 nitrogen and oxygen atoms in total. The van der Waals surface area contributed by atoms with Crippen molar-refractivity contribution in [3.63, 3.8) is 0 Å². The van der Waals surface area contributed by atoms with Crippen molar-refractivity contribution >= 4 is 15.9 Å². The summed E-state index contributed by atoms with van der Waals surface area (Å²) in [7, 11) is 0. The molecule has 15 heavy (non-hydrogen) atoms. The van der Waals surface area contributed by atoms with Gasteiger partial charge >= 0.3 is 0 Å². The number of hydrogen-bond donors (Lipinski definition) is 3. The average molecular weight is 276 g/mol. The lowest BCUT2D eigenvalue weighted by Crippen LogP contribution is -2.18. The second-order valence-corrected chi connectivity index (χ2v) is 4.07. The van der Waals surface area contributed by atoms with Crippen LogP contribution in [-0.4, -0.2) is 31.7 Å². The van der Waals surface area contributed by atoms with E-state index in [4.69, 9.17) is 5.11 Å². The van der Waals surface area contributed by atoms with E-state index in [1.807, 2.05) is 0 Å². The fourth-order valence-corrected chi connectivity index (χ4v) is 1.72. The molecule has 0 aliphatic rings. The van der Waals surface area contributed by atoms with E-state index in [0.717, 1.165) is 0 Å². The summed E-state index contributed by atoms with van der Waals surface area (Å²) in [6, 6.07) is 1.63. The number of nitrogens with zero attached hydrogens (tertiary/aromatic N) is 1. The Labute approximate surface area is 96.7 Å². The van der Waals surface area contributed by atoms with Gasteiger partial charge in [0.25, 0.3) is 0 Å². The number of rotatable bonds is 5. The van der Waals surface area contributed by atoms with Gasteiger partial charge in [-0.25, -0.2) is 0 Å². The molecule has 0 bridgehead atoms. The molecule has 0 aliphatic heterocycles. The molecule has 1 aromatic rings. The van der Waals surface area contributed by atoms with E-state index < -0.39 is 12.2 Å². The SMILES string of the molecule is OCc1cncc(C(O)C(O)CCBr)c1. The van der Waals surface area contributed by atoms with Crippen LogP contribution in [-0.2, 0) is 6.61 Å². The van der Waals surface area contributed by atoms with Crippen LogP contribution in [0.1, 0.15) is 23.7 Å². The summed E-state index contributed by atoms with van der Waals surface area (Å²) in [5.41, 5.74) is 1.15. The van der Waals surface area contributed by atoms with Crippen LogP contribution in [0.4, 0.5) is 0 Å². The summed E-state index contributed by atoms with van der Waals surface area (Å²) in [4.78, 5) is 3.88. The van der Waals surface area contributed by atoms with E-state index in [0.29, 0.717) is 22.9 Å². The number of aromatic nitrogens is 1. The first kappa shape index (κ1) is 12.6. The van der Waals surface area contributed by atoms with Crippen molar-refractivity contribution in [2.45, 2.75) is 25.2 Å². The van der Waals surface area contributed by atoms with E-state index in [1.54, 1.807) is 6.07 Å². The van der Waals surface area contributed by atoms with Gasteiger partial charge in [-0.1, -0.05) is 15.9 Å². The van der Waals surface area contributed by atoms with Crippen LogP contribution >= 0.6 is 15.9 Å². The molecule has 1 heterocycles. The van der Waals surface area contributed by atoms with Crippen molar-refractivity contribution in [3.05, 3.63) is 29.6 Å². The lowest BCUT2D eigenvalue weighted by atomic mass is 10.0. The molecule has 0 amide bonds. The molecule has 0 saturated carbocycles. The predicted molar refractivity (Wildman–Crippen MR) is 59.5 cm³/mol. The molecule has 0 aliphatic carbocycles. The maximum atomic E-state index is 9.75. The minimum absolute atomic E-state index is 0.123. The monoisotopic (exact) mass is 275 g/mol. The Balaban J connectivity index is 2.76. The van der Waals surface area contributed by atoms with Gasteiger partial charge in [0.1, 0.15) is 6.10 Å². The van der Waals surface area contributed by atoms with Crippen molar-refractivity contribution in [2.75, 3.05) is 5.33 Å². The number of alkyl halides is 1. The van der Waals surface area contributed by atoms with Crippen LogP contribution in [0.2, 0.25) is 0 Å². The zero-order valence-corrected chi connectivity index (χ0v) is 9.76. The lowest BCUT2D eigenvalue weighted by molar-refractivity contribution is 0.0171. The fraction of sp³-hybridized carbons (Fsp3) is 0.500. The standard InChI is InChI=1S/C10H14BrNO3/c11-2-1-9(14)10(15)8-3-7(6-13)4-12-5-8/h3-5,9-10,13-15H,1-2,6H2. The highest BCUT2D eigenvalue weighted by atomic mass is 79.9. The average Bonchev–Trinajstić information content (AvgIpc) is 2.28. The van der Waals surface area contributed by atoms with Gasteiger partial charge < -0.3 is 15.3 Å². The highest BCUT2D eigenvalue weighted by Crippen LogP contribution is 2.19. The van der Waals surface area contributed by atoms with Crippen LogP contribution in [0.5, 0.6) is 0 Å². The van der Waals surface area contributed by atoms with E-state index >= 15 is 0 Å². The third kappa shape index (κ3) is 3.53. The van der Waals surface area contributed by atoms with Gasteiger partial charge in [0.05, 0.1) is 12.7 Å². The van der Waals surface area contributed by atoms with Crippen LogP contribution in [0.15, 0.2) is 18.5 Å². The number of halogens is 1. The Kier molecular flexibility index (Phi) is 5.17. The molecule has 2 atom stereocenters. The van der Waals surface area contributed by atoms with Crippen molar-refractivity contribution in [1.82, 2.24) is 4.98 Å². The summed E-state index contributed by atoms with van der Waals surface area (Å²) in [6.07, 6.45) is 1.69. The Morgan fingerprint density at radius 3 is 2.67 bits per heavy atom. The first-order chi connectivity index (χ1) is 7.19. The molecule has 0 saturated heterocycles. The maximum Gasteiger partial charge on any atom is 0.106 e. The molecule has 5 heteroatoms. The third-order valence-corrected chi connectivity index (χ3v) is 2.57. The van der Waals surface area contributed by atoms with Gasteiger partial charge in [-0.3, -0.25) is 4.98 Å². The molecule has 84 valence electrons. The van der Waals surface area contributed by atoms with Gasteiger partial charge in [-0.05, 0) is 18.1 Å². The lowest BCUT2D eigenvalue weighted by Gasteiger charge is -2.17. The summed E-state index contributed by atoms with van der Waals surface area (Å²) in [5, 5.41) is 28.8. The largest absolute Gasteiger partial charge is 0.392 e.